The lowest BCUT2D eigenvalue weighted by atomic mass is 10.0. The highest BCUT2D eigenvalue weighted by Crippen LogP contribution is 2.13. The summed E-state index contributed by atoms with van der Waals surface area (Å²) in [6.45, 7) is 8.00. The van der Waals surface area contributed by atoms with E-state index < -0.39 is 0 Å². The molecule has 1 aliphatic rings. The predicted molar refractivity (Wildman–Crippen MR) is 114 cm³/mol. The molecule has 0 spiro atoms. The number of unbranched alkanes of at least 4 members (excludes halogenated alkanes) is 13. The third-order valence-electron chi connectivity index (χ3n) is 5.06. The predicted octanol–water partition coefficient (Wildman–Crippen LogP) is 7.11. The minimum atomic E-state index is 0. The van der Waals surface area contributed by atoms with E-state index in [4.69, 9.17) is 0 Å². The summed E-state index contributed by atoms with van der Waals surface area (Å²) in [7, 11) is 0. The molecule has 0 N–H and O–H groups in total. The second-order valence-corrected chi connectivity index (χ2v) is 7.25. The minimum absolute atomic E-state index is 0. The maximum Gasteiger partial charge on any atom is 0.0893 e. The zero-order valence-corrected chi connectivity index (χ0v) is 18.2. The smallest absolute Gasteiger partial charge is 0.0893 e. The molecule has 0 bridgehead atoms. The van der Waals surface area contributed by atoms with Gasteiger partial charge in [0.05, 0.1) is 6.67 Å². The molecule has 2 nitrogen and oxygen atoms in total. The summed E-state index contributed by atoms with van der Waals surface area (Å²) in [5.41, 5.74) is 0. The molecule has 0 radical (unpaired) electrons. The fourth-order valence-electron chi connectivity index (χ4n) is 3.38. The van der Waals surface area contributed by atoms with E-state index in [9.17, 15) is 0 Å². The molecule has 144 valence electrons. The summed E-state index contributed by atoms with van der Waals surface area (Å²) in [6, 6.07) is 0. The lowest BCUT2D eigenvalue weighted by Crippen LogP contribution is -2.25. The SMILES string of the molecule is Br.CCCCCCCCCCCCCCCCN1C=CN(CC)C1. The van der Waals surface area contributed by atoms with Crippen LogP contribution in [0.4, 0.5) is 0 Å². The third-order valence-corrected chi connectivity index (χ3v) is 5.06. The van der Waals surface area contributed by atoms with Crippen LogP contribution in [0, 0.1) is 0 Å². The van der Waals surface area contributed by atoms with Crippen molar-refractivity contribution >= 4 is 17.0 Å². The van der Waals surface area contributed by atoms with Crippen molar-refractivity contribution in [2.45, 2.75) is 104 Å². The zero-order chi connectivity index (χ0) is 16.6. The zero-order valence-electron chi connectivity index (χ0n) is 16.5. The largest absolute Gasteiger partial charge is 0.359 e. The van der Waals surface area contributed by atoms with Gasteiger partial charge in [0.2, 0.25) is 0 Å². The van der Waals surface area contributed by atoms with Crippen molar-refractivity contribution in [2.75, 3.05) is 19.8 Å². The highest BCUT2D eigenvalue weighted by Gasteiger charge is 2.08. The Morgan fingerprint density at radius 3 is 1.42 bits per heavy atom. The van der Waals surface area contributed by atoms with Gasteiger partial charge in [0.15, 0.2) is 0 Å². The van der Waals surface area contributed by atoms with Crippen LogP contribution in [0.2, 0.25) is 0 Å². The van der Waals surface area contributed by atoms with Crippen LogP contribution >= 0.6 is 17.0 Å². The van der Waals surface area contributed by atoms with Crippen molar-refractivity contribution in [1.82, 2.24) is 9.80 Å². The molecule has 3 heteroatoms. The highest BCUT2D eigenvalue weighted by atomic mass is 79.9. The highest BCUT2D eigenvalue weighted by molar-refractivity contribution is 8.93. The molecule has 0 amide bonds. The van der Waals surface area contributed by atoms with Gasteiger partial charge in [-0.2, -0.15) is 0 Å². The minimum Gasteiger partial charge on any atom is -0.359 e. The Bertz CT molecular complexity index is 281. The first kappa shape index (κ1) is 23.8. The number of rotatable bonds is 16. The average Bonchev–Trinajstić information content (AvgIpc) is 3.03. The van der Waals surface area contributed by atoms with Gasteiger partial charge in [0.25, 0.3) is 0 Å². The summed E-state index contributed by atoms with van der Waals surface area (Å²) in [5.74, 6) is 0. The molecule has 0 aromatic carbocycles. The molecule has 0 aromatic rings. The molecule has 0 saturated heterocycles. The van der Waals surface area contributed by atoms with E-state index in [2.05, 4.69) is 36.0 Å². The first-order chi connectivity index (χ1) is 11.4. The number of hydrogen-bond donors (Lipinski definition) is 0. The summed E-state index contributed by atoms with van der Waals surface area (Å²) in [4.78, 5) is 4.81. The van der Waals surface area contributed by atoms with E-state index in [1.54, 1.807) is 0 Å². The number of halogens is 1. The van der Waals surface area contributed by atoms with Gasteiger partial charge >= 0.3 is 0 Å². The van der Waals surface area contributed by atoms with Gasteiger partial charge in [-0.3, -0.25) is 0 Å². The molecule has 1 heterocycles. The molecule has 0 atom stereocenters. The first-order valence-electron chi connectivity index (χ1n) is 10.5. The Hall–Kier alpha value is -0.180. The van der Waals surface area contributed by atoms with Crippen molar-refractivity contribution < 1.29 is 0 Å². The van der Waals surface area contributed by atoms with E-state index in [0.29, 0.717) is 0 Å². The molecular formula is C21H43BrN2. The second-order valence-electron chi connectivity index (χ2n) is 7.25. The molecule has 0 unspecified atom stereocenters. The molecular weight excluding hydrogens is 360 g/mol. The normalized spacial score (nSPS) is 13.6. The molecule has 1 aliphatic heterocycles. The molecule has 1 rings (SSSR count). The maximum atomic E-state index is 2.45. The molecule has 0 saturated carbocycles. The Morgan fingerprint density at radius 1 is 0.583 bits per heavy atom. The van der Waals surface area contributed by atoms with Crippen LogP contribution in [-0.2, 0) is 0 Å². The Balaban J connectivity index is 0.00000529. The third kappa shape index (κ3) is 13.1. The summed E-state index contributed by atoms with van der Waals surface area (Å²) in [5, 5.41) is 0. The summed E-state index contributed by atoms with van der Waals surface area (Å²) >= 11 is 0. The molecule has 0 aromatic heterocycles. The van der Waals surface area contributed by atoms with Gasteiger partial charge in [0.1, 0.15) is 0 Å². The van der Waals surface area contributed by atoms with Crippen molar-refractivity contribution in [2.24, 2.45) is 0 Å². The van der Waals surface area contributed by atoms with Crippen molar-refractivity contribution in [3.8, 4) is 0 Å². The van der Waals surface area contributed by atoms with Crippen LogP contribution in [0.5, 0.6) is 0 Å². The van der Waals surface area contributed by atoms with E-state index in [0.717, 1.165) is 13.2 Å². The number of nitrogens with zero attached hydrogens (tertiary/aromatic N) is 2. The van der Waals surface area contributed by atoms with Crippen LogP contribution in [0.1, 0.15) is 104 Å². The quantitative estimate of drug-likeness (QED) is 0.253. The van der Waals surface area contributed by atoms with Gasteiger partial charge in [-0.1, -0.05) is 90.4 Å². The fraction of sp³-hybridized carbons (Fsp3) is 0.905. The molecule has 0 aliphatic carbocycles. The van der Waals surface area contributed by atoms with Crippen LogP contribution in [0.3, 0.4) is 0 Å². The van der Waals surface area contributed by atoms with Gasteiger partial charge < -0.3 is 9.80 Å². The number of hydrogen-bond acceptors (Lipinski definition) is 2. The Labute approximate surface area is 162 Å². The van der Waals surface area contributed by atoms with E-state index in [1.165, 1.54) is 96.4 Å². The lowest BCUT2D eigenvalue weighted by molar-refractivity contribution is 0.268. The molecule has 0 fully saturated rings. The van der Waals surface area contributed by atoms with Crippen molar-refractivity contribution in [3.63, 3.8) is 0 Å². The monoisotopic (exact) mass is 402 g/mol. The Morgan fingerprint density at radius 2 is 1.00 bits per heavy atom. The average molecular weight is 403 g/mol. The van der Waals surface area contributed by atoms with E-state index in [1.807, 2.05) is 0 Å². The topological polar surface area (TPSA) is 6.48 Å². The second kappa shape index (κ2) is 17.6. The van der Waals surface area contributed by atoms with E-state index in [-0.39, 0.29) is 17.0 Å². The van der Waals surface area contributed by atoms with E-state index >= 15 is 0 Å². The molecule has 24 heavy (non-hydrogen) atoms. The summed E-state index contributed by atoms with van der Waals surface area (Å²) in [6.07, 6.45) is 24.7. The first-order valence-corrected chi connectivity index (χ1v) is 10.5. The van der Waals surface area contributed by atoms with Crippen LogP contribution in [0.15, 0.2) is 12.4 Å². The summed E-state index contributed by atoms with van der Waals surface area (Å²) < 4.78 is 0. The Kier molecular flexibility index (Phi) is 17.5. The van der Waals surface area contributed by atoms with Crippen molar-refractivity contribution in [3.05, 3.63) is 12.4 Å². The van der Waals surface area contributed by atoms with Gasteiger partial charge in [-0.25, -0.2) is 0 Å². The van der Waals surface area contributed by atoms with Gasteiger partial charge in [-0.15, -0.1) is 17.0 Å². The van der Waals surface area contributed by atoms with Crippen LogP contribution in [0.25, 0.3) is 0 Å². The lowest BCUT2D eigenvalue weighted by Gasteiger charge is -2.19. The van der Waals surface area contributed by atoms with Crippen LogP contribution in [-0.4, -0.2) is 29.6 Å². The fourth-order valence-corrected chi connectivity index (χ4v) is 3.38. The standard InChI is InChI=1S/C21H42N2.BrH/c1-3-5-6-7-8-9-10-11-12-13-14-15-16-17-18-23-20-19-22(4-2)21-23;/h19-20H,3-18,21H2,1-2H3;1H. The van der Waals surface area contributed by atoms with Gasteiger partial charge in [0, 0.05) is 25.5 Å². The maximum absolute atomic E-state index is 2.45. The van der Waals surface area contributed by atoms with Gasteiger partial charge in [-0.05, 0) is 13.3 Å². The van der Waals surface area contributed by atoms with Crippen LogP contribution < -0.4 is 0 Å². The van der Waals surface area contributed by atoms with Crippen molar-refractivity contribution in [1.29, 1.82) is 0 Å².